The fourth-order valence-electron chi connectivity index (χ4n) is 3.71. The van der Waals surface area contributed by atoms with Gasteiger partial charge < -0.3 is 10.1 Å². The van der Waals surface area contributed by atoms with Gasteiger partial charge in [-0.3, -0.25) is 9.10 Å². The molecule has 1 N–H and O–H groups in total. The predicted molar refractivity (Wildman–Crippen MR) is 137 cm³/mol. The molecule has 6 nitrogen and oxygen atoms in total. The molecule has 0 saturated heterocycles. The Kier molecular flexibility index (Phi) is 7.99. The van der Waals surface area contributed by atoms with Gasteiger partial charge in [0.2, 0.25) is 10.0 Å². The fraction of sp³-hybridized carbons (Fsp3) is 0.296. The molecule has 0 saturated carbocycles. The number of nitrogens with zero attached hydrogens (tertiary/aromatic N) is 1. The minimum absolute atomic E-state index is 0.0805. The molecule has 0 bridgehead atoms. The Morgan fingerprint density at radius 1 is 0.941 bits per heavy atom. The monoisotopic (exact) mass is 480 g/mol. The maximum atomic E-state index is 12.6. The normalized spacial score (nSPS) is 11.4. The number of ether oxygens (including phenoxy) is 1. The van der Waals surface area contributed by atoms with Crippen molar-refractivity contribution in [2.45, 2.75) is 46.9 Å². The van der Waals surface area contributed by atoms with Crippen LogP contribution in [0.1, 0.15) is 46.5 Å². The van der Waals surface area contributed by atoms with E-state index in [1.54, 1.807) is 24.3 Å². The third kappa shape index (κ3) is 7.09. The number of anilines is 1. The van der Waals surface area contributed by atoms with Crippen LogP contribution >= 0.6 is 0 Å². The Morgan fingerprint density at radius 2 is 1.59 bits per heavy atom. The molecule has 0 atom stereocenters. The second-order valence-electron chi connectivity index (χ2n) is 8.81. The van der Waals surface area contributed by atoms with Crippen molar-refractivity contribution in [3.05, 3.63) is 94.5 Å². The summed E-state index contributed by atoms with van der Waals surface area (Å²) in [5.74, 6) is 0.571. The quantitative estimate of drug-likeness (QED) is 0.468. The molecule has 7 heteroatoms. The molecule has 0 radical (unpaired) electrons. The smallest absolute Gasteiger partial charge is 0.251 e. The molecule has 1 amide bonds. The van der Waals surface area contributed by atoms with E-state index in [-0.39, 0.29) is 18.6 Å². The summed E-state index contributed by atoms with van der Waals surface area (Å²) in [5.41, 5.74) is 4.87. The van der Waals surface area contributed by atoms with E-state index in [0.29, 0.717) is 17.8 Å². The highest BCUT2D eigenvalue weighted by Gasteiger charge is 2.19. The predicted octanol–water partition coefficient (Wildman–Crippen LogP) is 4.99. The molecule has 180 valence electrons. The van der Waals surface area contributed by atoms with Crippen LogP contribution in [0.4, 0.5) is 5.69 Å². The number of sulfonamides is 1. The molecule has 0 heterocycles. The highest BCUT2D eigenvalue weighted by atomic mass is 32.2. The van der Waals surface area contributed by atoms with Crippen LogP contribution in [0.15, 0.2) is 66.7 Å². The van der Waals surface area contributed by atoms with Crippen LogP contribution in [0, 0.1) is 13.8 Å². The van der Waals surface area contributed by atoms with Crippen molar-refractivity contribution >= 4 is 21.6 Å². The van der Waals surface area contributed by atoms with Crippen molar-refractivity contribution in [1.29, 1.82) is 0 Å². The third-order valence-corrected chi connectivity index (χ3v) is 6.30. The van der Waals surface area contributed by atoms with Gasteiger partial charge in [0.1, 0.15) is 5.75 Å². The van der Waals surface area contributed by atoms with E-state index in [2.05, 4.69) is 5.32 Å². The summed E-state index contributed by atoms with van der Waals surface area (Å²) in [6.45, 7) is 8.39. The summed E-state index contributed by atoms with van der Waals surface area (Å²) in [6, 6.07) is 20.4. The number of hydrogen-bond donors (Lipinski definition) is 1. The number of carbonyl (C=O) groups excluding carboxylic acids is 1. The van der Waals surface area contributed by atoms with Crippen LogP contribution in [0.3, 0.4) is 0 Å². The van der Waals surface area contributed by atoms with Crippen molar-refractivity contribution < 1.29 is 17.9 Å². The molecule has 3 aromatic rings. The molecule has 0 aromatic heterocycles. The molecule has 0 spiro atoms. The van der Waals surface area contributed by atoms with Gasteiger partial charge >= 0.3 is 0 Å². The van der Waals surface area contributed by atoms with Gasteiger partial charge in [-0.2, -0.15) is 0 Å². The van der Waals surface area contributed by atoms with E-state index >= 15 is 0 Å². The van der Waals surface area contributed by atoms with Gasteiger partial charge in [-0.15, -0.1) is 0 Å². The van der Waals surface area contributed by atoms with Crippen LogP contribution in [-0.2, 0) is 23.1 Å². The molecule has 34 heavy (non-hydrogen) atoms. The van der Waals surface area contributed by atoms with E-state index < -0.39 is 10.0 Å². The fourth-order valence-corrected chi connectivity index (χ4v) is 4.58. The number of aryl methyl sites for hydroxylation is 2. The van der Waals surface area contributed by atoms with Crippen molar-refractivity contribution in [3.8, 4) is 5.75 Å². The van der Waals surface area contributed by atoms with Gasteiger partial charge in [0.05, 0.1) is 24.6 Å². The molecule has 0 aliphatic carbocycles. The standard InChI is InChI=1S/C27H32N2O4S/c1-19(2)33-26-8-6-7-23(16-26)17-28-27(30)24-11-9-22(10-12-24)18-29(34(5,31)32)25-14-20(3)13-21(4)15-25/h6-16,19H,17-18H2,1-5H3,(H,28,30). The van der Waals surface area contributed by atoms with E-state index in [1.165, 1.54) is 10.6 Å². The average Bonchev–Trinajstić information content (AvgIpc) is 2.74. The Labute approximate surface area is 202 Å². The van der Waals surface area contributed by atoms with Crippen LogP contribution < -0.4 is 14.4 Å². The van der Waals surface area contributed by atoms with Crippen LogP contribution in [0.25, 0.3) is 0 Å². The van der Waals surface area contributed by atoms with Crippen LogP contribution in [0.5, 0.6) is 5.75 Å². The van der Waals surface area contributed by atoms with Gasteiger partial charge in [0, 0.05) is 12.1 Å². The van der Waals surface area contributed by atoms with Gasteiger partial charge in [0.15, 0.2) is 0 Å². The topological polar surface area (TPSA) is 75.7 Å². The SMILES string of the molecule is Cc1cc(C)cc(N(Cc2ccc(C(=O)NCc3cccc(OC(C)C)c3)cc2)S(C)(=O)=O)c1. The number of hydrogen-bond acceptors (Lipinski definition) is 4. The van der Waals surface area contributed by atoms with E-state index in [0.717, 1.165) is 28.0 Å². The number of carbonyl (C=O) groups is 1. The van der Waals surface area contributed by atoms with Gasteiger partial charge in [-0.1, -0.05) is 30.3 Å². The molecule has 0 unspecified atom stereocenters. The number of amides is 1. The molecule has 0 fully saturated rings. The first-order chi connectivity index (χ1) is 16.0. The van der Waals surface area contributed by atoms with Gasteiger partial charge in [0.25, 0.3) is 5.91 Å². The lowest BCUT2D eigenvalue weighted by atomic mass is 10.1. The summed E-state index contributed by atoms with van der Waals surface area (Å²) in [5, 5.41) is 2.92. The summed E-state index contributed by atoms with van der Waals surface area (Å²) >= 11 is 0. The lowest BCUT2D eigenvalue weighted by Gasteiger charge is -2.23. The minimum atomic E-state index is -3.48. The van der Waals surface area contributed by atoms with Gasteiger partial charge in [-0.25, -0.2) is 8.42 Å². The van der Waals surface area contributed by atoms with Crippen LogP contribution in [0.2, 0.25) is 0 Å². The molecule has 0 aliphatic rings. The average molecular weight is 481 g/mol. The summed E-state index contributed by atoms with van der Waals surface area (Å²) < 4.78 is 32.1. The zero-order valence-corrected chi connectivity index (χ0v) is 21.1. The Hall–Kier alpha value is -3.32. The highest BCUT2D eigenvalue weighted by Crippen LogP contribution is 2.24. The molecule has 0 aliphatic heterocycles. The molecule has 3 rings (SSSR count). The first kappa shape index (κ1) is 25.3. The molecule has 3 aromatic carbocycles. The summed E-state index contributed by atoms with van der Waals surface area (Å²) in [7, 11) is -3.48. The number of rotatable bonds is 9. The second-order valence-corrected chi connectivity index (χ2v) is 10.7. The second kappa shape index (κ2) is 10.7. The third-order valence-electron chi connectivity index (χ3n) is 5.16. The van der Waals surface area contributed by atoms with Gasteiger partial charge in [-0.05, 0) is 86.3 Å². The van der Waals surface area contributed by atoms with E-state index in [1.807, 2.05) is 70.2 Å². The Morgan fingerprint density at radius 3 is 2.18 bits per heavy atom. The summed E-state index contributed by atoms with van der Waals surface area (Å²) in [6.07, 6.45) is 1.28. The maximum absolute atomic E-state index is 12.6. The van der Waals surface area contributed by atoms with Crippen molar-refractivity contribution in [2.75, 3.05) is 10.6 Å². The highest BCUT2D eigenvalue weighted by molar-refractivity contribution is 7.92. The van der Waals surface area contributed by atoms with E-state index in [4.69, 9.17) is 4.74 Å². The van der Waals surface area contributed by atoms with Crippen molar-refractivity contribution in [3.63, 3.8) is 0 Å². The number of nitrogens with one attached hydrogen (secondary N) is 1. The molecular weight excluding hydrogens is 448 g/mol. The first-order valence-corrected chi connectivity index (χ1v) is 13.0. The number of benzene rings is 3. The lowest BCUT2D eigenvalue weighted by molar-refractivity contribution is 0.0950. The Balaban J connectivity index is 1.68. The van der Waals surface area contributed by atoms with E-state index in [9.17, 15) is 13.2 Å². The zero-order valence-electron chi connectivity index (χ0n) is 20.3. The maximum Gasteiger partial charge on any atom is 0.251 e. The summed E-state index contributed by atoms with van der Waals surface area (Å²) in [4.78, 5) is 12.6. The Bertz CT molecular complexity index is 1230. The van der Waals surface area contributed by atoms with Crippen molar-refractivity contribution in [2.24, 2.45) is 0 Å². The largest absolute Gasteiger partial charge is 0.491 e. The van der Waals surface area contributed by atoms with Crippen molar-refractivity contribution in [1.82, 2.24) is 5.32 Å². The minimum Gasteiger partial charge on any atom is -0.491 e. The lowest BCUT2D eigenvalue weighted by Crippen LogP contribution is -2.29. The first-order valence-electron chi connectivity index (χ1n) is 11.2. The molecular formula is C27H32N2O4S. The zero-order chi connectivity index (χ0) is 24.9. The van der Waals surface area contributed by atoms with Crippen LogP contribution in [-0.4, -0.2) is 26.7 Å².